The zero-order chi connectivity index (χ0) is 17.1. The summed E-state index contributed by atoms with van der Waals surface area (Å²) in [5, 5.41) is 13.5. The third-order valence-electron chi connectivity index (χ3n) is 3.61. The predicted octanol–water partition coefficient (Wildman–Crippen LogP) is 2.99. The Morgan fingerprint density at radius 3 is 2.79 bits per heavy atom. The van der Waals surface area contributed by atoms with Crippen molar-refractivity contribution in [2.24, 2.45) is 0 Å². The van der Waals surface area contributed by atoms with Crippen molar-refractivity contribution in [2.45, 2.75) is 6.54 Å². The number of phenols is 1. The number of carbonyl (C=O) groups excluding carboxylic acids is 1. The molecular weight excluding hydrogens is 309 g/mol. The largest absolute Gasteiger partial charge is 0.508 e. The fraction of sp³-hybridized carbons (Fsp3) is 0.111. The van der Waals surface area contributed by atoms with Crippen LogP contribution in [0.1, 0.15) is 15.9 Å². The molecule has 0 saturated heterocycles. The Morgan fingerprint density at radius 2 is 2.04 bits per heavy atom. The summed E-state index contributed by atoms with van der Waals surface area (Å²) in [6.45, 7) is 0.345. The van der Waals surface area contributed by atoms with Gasteiger partial charge in [-0.05, 0) is 29.8 Å². The lowest BCUT2D eigenvalue weighted by Gasteiger charge is -2.16. The van der Waals surface area contributed by atoms with Crippen LogP contribution < -0.4 is 0 Å². The number of rotatable bonds is 4. The molecule has 0 spiro atoms. The van der Waals surface area contributed by atoms with E-state index in [-0.39, 0.29) is 17.3 Å². The number of benzene rings is 2. The molecule has 3 rings (SSSR count). The lowest BCUT2D eigenvalue weighted by atomic mass is 10.2. The second-order valence-electron chi connectivity index (χ2n) is 5.46. The number of halogens is 1. The molecule has 0 radical (unpaired) electrons. The third-order valence-corrected chi connectivity index (χ3v) is 3.61. The van der Waals surface area contributed by atoms with Crippen LogP contribution in [0.15, 0.2) is 60.9 Å². The summed E-state index contributed by atoms with van der Waals surface area (Å²) in [6, 6.07) is 13.0. The molecule has 6 heteroatoms. The first-order valence-corrected chi connectivity index (χ1v) is 7.37. The molecule has 5 nitrogen and oxygen atoms in total. The Hall–Kier alpha value is -3.15. The van der Waals surface area contributed by atoms with E-state index in [4.69, 9.17) is 0 Å². The van der Waals surface area contributed by atoms with Crippen LogP contribution in [0.5, 0.6) is 5.75 Å². The van der Waals surface area contributed by atoms with Crippen molar-refractivity contribution in [3.8, 4) is 11.4 Å². The van der Waals surface area contributed by atoms with Gasteiger partial charge in [0.05, 0.1) is 11.8 Å². The second kappa shape index (κ2) is 6.54. The normalized spacial score (nSPS) is 10.6. The van der Waals surface area contributed by atoms with Crippen LogP contribution in [-0.4, -0.2) is 32.7 Å². The lowest BCUT2D eigenvalue weighted by molar-refractivity contribution is 0.0785. The topological polar surface area (TPSA) is 58.4 Å². The SMILES string of the molecule is CN(Cc1cccc(O)c1)C(=O)c1cnn(-c2ccccc2F)c1. The Morgan fingerprint density at radius 1 is 1.25 bits per heavy atom. The van der Waals surface area contributed by atoms with Gasteiger partial charge in [-0.15, -0.1) is 0 Å². The van der Waals surface area contributed by atoms with Crippen LogP contribution in [-0.2, 0) is 6.54 Å². The van der Waals surface area contributed by atoms with Gasteiger partial charge in [-0.25, -0.2) is 9.07 Å². The Bertz CT molecular complexity index is 876. The fourth-order valence-corrected chi connectivity index (χ4v) is 2.42. The molecule has 2 aromatic carbocycles. The second-order valence-corrected chi connectivity index (χ2v) is 5.46. The Balaban J connectivity index is 1.77. The summed E-state index contributed by atoms with van der Waals surface area (Å²) in [5.41, 5.74) is 1.46. The van der Waals surface area contributed by atoms with Crippen LogP contribution in [0.4, 0.5) is 4.39 Å². The smallest absolute Gasteiger partial charge is 0.257 e. The van der Waals surface area contributed by atoms with Crippen molar-refractivity contribution >= 4 is 5.91 Å². The third kappa shape index (κ3) is 3.27. The number of aromatic hydroxyl groups is 1. The first-order valence-electron chi connectivity index (χ1n) is 7.37. The zero-order valence-corrected chi connectivity index (χ0v) is 13.1. The minimum atomic E-state index is -0.410. The standard InChI is InChI=1S/C18H16FN3O2/c1-21(11-13-5-4-6-15(23)9-13)18(24)14-10-20-22(12-14)17-8-3-2-7-16(17)19/h2-10,12,23H,11H2,1H3. The molecule has 24 heavy (non-hydrogen) atoms. The number of phenolic OH excluding ortho intramolecular Hbond substituents is 1. The van der Waals surface area contributed by atoms with Crippen LogP contribution in [0.3, 0.4) is 0 Å². The van der Waals surface area contributed by atoms with Crippen LogP contribution in [0.2, 0.25) is 0 Å². The molecule has 1 amide bonds. The minimum absolute atomic E-state index is 0.153. The van der Waals surface area contributed by atoms with E-state index < -0.39 is 5.82 Å². The Labute approximate surface area is 138 Å². The number of hydrogen-bond donors (Lipinski definition) is 1. The van der Waals surface area contributed by atoms with Gasteiger partial charge in [0.1, 0.15) is 17.3 Å². The highest BCUT2D eigenvalue weighted by atomic mass is 19.1. The van der Waals surface area contributed by atoms with Gasteiger partial charge in [-0.1, -0.05) is 24.3 Å². The number of para-hydroxylation sites is 1. The molecule has 0 saturated carbocycles. The maximum atomic E-state index is 13.8. The van der Waals surface area contributed by atoms with Gasteiger partial charge in [0.2, 0.25) is 0 Å². The summed E-state index contributed by atoms with van der Waals surface area (Å²) in [6.07, 6.45) is 2.91. The number of hydrogen-bond acceptors (Lipinski definition) is 3. The molecule has 0 aliphatic rings. The highest BCUT2D eigenvalue weighted by molar-refractivity contribution is 5.93. The van der Waals surface area contributed by atoms with Gasteiger partial charge in [0, 0.05) is 19.8 Å². The molecule has 1 N–H and O–H groups in total. The number of amides is 1. The molecule has 122 valence electrons. The Kier molecular flexibility index (Phi) is 4.29. The first-order chi connectivity index (χ1) is 11.5. The fourth-order valence-electron chi connectivity index (χ4n) is 2.42. The van der Waals surface area contributed by atoms with Gasteiger partial charge in [-0.3, -0.25) is 4.79 Å². The quantitative estimate of drug-likeness (QED) is 0.802. The monoisotopic (exact) mass is 325 g/mol. The van der Waals surface area contributed by atoms with Crippen molar-refractivity contribution in [1.82, 2.24) is 14.7 Å². The van der Waals surface area contributed by atoms with Crippen molar-refractivity contribution in [3.05, 3.63) is 77.9 Å². The number of nitrogens with zero attached hydrogens (tertiary/aromatic N) is 3. The average Bonchev–Trinajstić information content (AvgIpc) is 3.04. The van der Waals surface area contributed by atoms with Crippen molar-refractivity contribution < 1.29 is 14.3 Å². The average molecular weight is 325 g/mol. The van der Waals surface area contributed by atoms with E-state index in [9.17, 15) is 14.3 Å². The van der Waals surface area contributed by atoms with E-state index in [0.29, 0.717) is 12.1 Å². The van der Waals surface area contributed by atoms with Gasteiger partial charge in [-0.2, -0.15) is 5.10 Å². The predicted molar refractivity (Wildman–Crippen MR) is 87.4 cm³/mol. The molecule has 1 heterocycles. The van der Waals surface area contributed by atoms with E-state index in [1.165, 1.54) is 28.0 Å². The van der Waals surface area contributed by atoms with E-state index >= 15 is 0 Å². The summed E-state index contributed by atoms with van der Waals surface area (Å²) < 4.78 is 15.1. The van der Waals surface area contributed by atoms with Crippen molar-refractivity contribution in [2.75, 3.05) is 7.05 Å². The number of aromatic nitrogens is 2. The molecule has 0 unspecified atom stereocenters. The van der Waals surface area contributed by atoms with Gasteiger partial charge in [0.15, 0.2) is 0 Å². The molecular formula is C18H16FN3O2. The highest BCUT2D eigenvalue weighted by Crippen LogP contribution is 2.16. The zero-order valence-electron chi connectivity index (χ0n) is 13.1. The maximum absolute atomic E-state index is 13.8. The van der Waals surface area contributed by atoms with E-state index in [0.717, 1.165) is 5.56 Å². The van der Waals surface area contributed by atoms with Crippen LogP contribution in [0.25, 0.3) is 5.69 Å². The summed E-state index contributed by atoms with van der Waals surface area (Å²) in [5.74, 6) is -0.491. The lowest BCUT2D eigenvalue weighted by Crippen LogP contribution is -2.25. The van der Waals surface area contributed by atoms with E-state index in [1.54, 1.807) is 43.4 Å². The molecule has 1 aromatic heterocycles. The van der Waals surface area contributed by atoms with Crippen molar-refractivity contribution in [1.29, 1.82) is 0 Å². The molecule has 0 atom stereocenters. The first kappa shape index (κ1) is 15.7. The van der Waals surface area contributed by atoms with Gasteiger partial charge >= 0.3 is 0 Å². The molecule has 0 aliphatic carbocycles. The molecule has 0 fully saturated rings. The number of carbonyl (C=O) groups is 1. The minimum Gasteiger partial charge on any atom is -0.508 e. The van der Waals surface area contributed by atoms with E-state index in [1.807, 2.05) is 6.07 Å². The summed E-state index contributed by atoms with van der Waals surface area (Å²) in [7, 11) is 1.66. The van der Waals surface area contributed by atoms with E-state index in [2.05, 4.69) is 5.10 Å². The van der Waals surface area contributed by atoms with Crippen LogP contribution in [0, 0.1) is 5.82 Å². The van der Waals surface area contributed by atoms with Crippen molar-refractivity contribution in [3.63, 3.8) is 0 Å². The summed E-state index contributed by atoms with van der Waals surface area (Å²) >= 11 is 0. The summed E-state index contributed by atoms with van der Waals surface area (Å²) in [4.78, 5) is 14.0. The maximum Gasteiger partial charge on any atom is 0.257 e. The highest BCUT2D eigenvalue weighted by Gasteiger charge is 2.15. The van der Waals surface area contributed by atoms with Gasteiger partial charge < -0.3 is 10.0 Å². The molecule has 0 bridgehead atoms. The molecule has 0 aliphatic heterocycles. The van der Waals surface area contributed by atoms with Gasteiger partial charge in [0.25, 0.3) is 5.91 Å². The van der Waals surface area contributed by atoms with Crippen LogP contribution >= 0.6 is 0 Å². The molecule has 3 aromatic rings.